The van der Waals surface area contributed by atoms with Crippen LogP contribution in [-0.2, 0) is 10.9 Å². The smallest absolute Gasteiger partial charge is 0.370 e. The molecule has 1 unspecified atom stereocenters. The fourth-order valence-electron chi connectivity index (χ4n) is 3.65. The molecule has 0 bridgehead atoms. The molecule has 0 N–H and O–H groups in total. The van der Waals surface area contributed by atoms with Gasteiger partial charge in [0, 0.05) is 13.1 Å². The topological polar surface area (TPSA) is 47.4 Å². The van der Waals surface area contributed by atoms with Crippen molar-refractivity contribution in [1.82, 2.24) is 9.78 Å². The van der Waals surface area contributed by atoms with Crippen molar-refractivity contribution in [2.75, 3.05) is 24.6 Å². The zero-order valence-corrected chi connectivity index (χ0v) is 17.3. The third kappa shape index (κ3) is 4.31. The predicted octanol–water partition coefficient (Wildman–Crippen LogP) is 4.79. The fraction of sp³-hybridized carbons (Fsp3) is 0.273. The number of aromatic nitrogens is 2. The molecule has 0 aliphatic carbocycles. The van der Waals surface area contributed by atoms with Crippen molar-refractivity contribution in [3.8, 4) is 5.69 Å². The van der Waals surface area contributed by atoms with E-state index in [1.165, 1.54) is 18.3 Å². The Hall–Kier alpha value is -2.84. The van der Waals surface area contributed by atoms with Gasteiger partial charge in [-0.3, -0.25) is 4.79 Å². The van der Waals surface area contributed by atoms with Crippen LogP contribution in [0.3, 0.4) is 0 Å². The molecule has 5 nitrogen and oxygen atoms in total. The molecule has 1 aromatic heterocycles. The van der Waals surface area contributed by atoms with Gasteiger partial charge < -0.3 is 9.64 Å². The first-order valence-electron chi connectivity index (χ1n) is 9.63. The summed E-state index contributed by atoms with van der Waals surface area (Å²) >= 11 is 6.36. The highest BCUT2D eigenvalue weighted by Crippen LogP contribution is 2.32. The summed E-state index contributed by atoms with van der Waals surface area (Å²) in [5.41, 5.74) is 1.02. The Balaban J connectivity index is 1.65. The molecular formula is C22H19ClF3N3O2. The van der Waals surface area contributed by atoms with Crippen LogP contribution in [0.1, 0.15) is 22.8 Å². The third-order valence-electron chi connectivity index (χ3n) is 5.26. The van der Waals surface area contributed by atoms with E-state index in [1.807, 2.05) is 36.1 Å². The van der Waals surface area contributed by atoms with Crippen LogP contribution in [0.4, 0.5) is 18.9 Å². The first-order chi connectivity index (χ1) is 14.8. The molecule has 1 aliphatic heterocycles. The quantitative estimate of drug-likeness (QED) is 0.577. The van der Waals surface area contributed by atoms with Gasteiger partial charge >= 0.3 is 6.18 Å². The van der Waals surface area contributed by atoms with Crippen molar-refractivity contribution < 1.29 is 17.9 Å². The molecule has 31 heavy (non-hydrogen) atoms. The highest BCUT2D eigenvalue weighted by molar-refractivity contribution is 6.33. The Labute approximate surface area is 181 Å². The van der Waals surface area contributed by atoms with Gasteiger partial charge in [0.15, 0.2) is 0 Å². The Kier molecular flexibility index (Phi) is 5.77. The molecule has 0 saturated carbocycles. The number of ether oxygens (including phenoxy) is 1. The first kappa shape index (κ1) is 21.4. The molecule has 1 aliphatic rings. The summed E-state index contributed by atoms with van der Waals surface area (Å²) in [6, 6.07) is 12.3. The second-order valence-electron chi connectivity index (χ2n) is 7.27. The fourth-order valence-corrected chi connectivity index (χ4v) is 3.90. The molecule has 1 atom stereocenters. The number of halogens is 4. The lowest BCUT2D eigenvalue weighted by Gasteiger charge is -2.35. The standard InChI is InChI=1S/C22H19ClF3N3O2/c1-14-5-2-3-8-17(14)19-13-28(9-10-31-19)18-12-27-29(21(30)20(18)23)16-7-4-6-15(11-16)22(24,25)26/h2-8,11-12,19H,9-10,13H2,1H3. The summed E-state index contributed by atoms with van der Waals surface area (Å²) in [7, 11) is 0. The zero-order valence-electron chi connectivity index (χ0n) is 16.6. The third-order valence-corrected chi connectivity index (χ3v) is 5.62. The van der Waals surface area contributed by atoms with E-state index < -0.39 is 17.3 Å². The van der Waals surface area contributed by atoms with E-state index in [2.05, 4.69) is 5.10 Å². The lowest BCUT2D eigenvalue weighted by atomic mass is 10.0. The van der Waals surface area contributed by atoms with E-state index in [9.17, 15) is 18.0 Å². The average Bonchev–Trinajstić information content (AvgIpc) is 2.75. The van der Waals surface area contributed by atoms with Crippen LogP contribution < -0.4 is 10.5 Å². The predicted molar refractivity (Wildman–Crippen MR) is 112 cm³/mol. The lowest BCUT2D eigenvalue weighted by molar-refractivity contribution is -0.137. The maximum atomic E-state index is 13.0. The number of anilines is 1. The van der Waals surface area contributed by atoms with E-state index in [4.69, 9.17) is 16.3 Å². The number of rotatable bonds is 3. The van der Waals surface area contributed by atoms with Gasteiger partial charge in [0.1, 0.15) is 11.1 Å². The minimum Gasteiger partial charge on any atom is -0.370 e. The Morgan fingerprint density at radius 3 is 2.68 bits per heavy atom. The Morgan fingerprint density at radius 1 is 1.16 bits per heavy atom. The van der Waals surface area contributed by atoms with Gasteiger partial charge in [-0.1, -0.05) is 41.9 Å². The number of alkyl halides is 3. The monoisotopic (exact) mass is 449 g/mol. The van der Waals surface area contributed by atoms with Crippen molar-refractivity contribution in [3.05, 3.63) is 86.8 Å². The van der Waals surface area contributed by atoms with Crippen LogP contribution >= 0.6 is 11.6 Å². The molecule has 1 fully saturated rings. The summed E-state index contributed by atoms with van der Waals surface area (Å²) in [5.74, 6) is 0. The molecule has 9 heteroatoms. The van der Waals surface area contributed by atoms with Gasteiger partial charge in [-0.25, -0.2) is 0 Å². The minimum atomic E-state index is -4.53. The summed E-state index contributed by atoms with van der Waals surface area (Å²) in [6.07, 6.45) is -3.32. The number of hydrogen-bond donors (Lipinski definition) is 0. The number of nitrogens with zero attached hydrogens (tertiary/aromatic N) is 3. The number of hydrogen-bond acceptors (Lipinski definition) is 4. The number of benzene rings is 2. The van der Waals surface area contributed by atoms with Crippen LogP contribution in [0.15, 0.2) is 59.5 Å². The van der Waals surface area contributed by atoms with E-state index in [-0.39, 0.29) is 16.8 Å². The first-order valence-corrected chi connectivity index (χ1v) is 10.0. The second kappa shape index (κ2) is 8.36. The molecule has 4 rings (SSSR count). The van der Waals surface area contributed by atoms with Crippen molar-refractivity contribution >= 4 is 17.3 Å². The molecule has 2 heterocycles. The van der Waals surface area contributed by atoms with E-state index in [0.29, 0.717) is 25.4 Å². The molecule has 2 aromatic carbocycles. The molecule has 162 valence electrons. The number of morpholine rings is 1. The van der Waals surface area contributed by atoms with Gasteiger partial charge in [0.05, 0.1) is 29.7 Å². The highest BCUT2D eigenvalue weighted by atomic mass is 35.5. The maximum Gasteiger partial charge on any atom is 0.416 e. The van der Waals surface area contributed by atoms with Crippen LogP contribution in [0.25, 0.3) is 5.69 Å². The maximum absolute atomic E-state index is 13.0. The van der Waals surface area contributed by atoms with Crippen molar-refractivity contribution in [1.29, 1.82) is 0 Å². The van der Waals surface area contributed by atoms with E-state index in [0.717, 1.165) is 27.9 Å². The summed E-state index contributed by atoms with van der Waals surface area (Å²) < 4.78 is 45.9. The van der Waals surface area contributed by atoms with Crippen molar-refractivity contribution in [3.63, 3.8) is 0 Å². The largest absolute Gasteiger partial charge is 0.416 e. The van der Waals surface area contributed by atoms with Crippen LogP contribution in [0.2, 0.25) is 5.02 Å². The molecule has 0 spiro atoms. The van der Waals surface area contributed by atoms with Gasteiger partial charge in [0.25, 0.3) is 5.56 Å². The van der Waals surface area contributed by atoms with Crippen LogP contribution in [0, 0.1) is 6.92 Å². The van der Waals surface area contributed by atoms with E-state index >= 15 is 0 Å². The van der Waals surface area contributed by atoms with Crippen LogP contribution in [-0.4, -0.2) is 29.5 Å². The highest BCUT2D eigenvalue weighted by Gasteiger charge is 2.31. The SMILES string of the molecule is Cc1ccccc1C1CN(c2cnn(-c3cccc(C(F)(F)F)c3)c(=O)c2Cl)CCO1. The minimum absolute atomic E-state index is 0.00645. The summed E-state index contributed by atoms with van der Waals surface area (Å²) in [4.78, 5) is 14.7. The van der Waals surface area contributed by atoms with Gasteiger partial charge in [-0.05, 0) is 36.2 Å². The van der Waals surface area contributed by atoms with Gasteiger partial charge in [-0.2, -0.15) is 23.0 Å². The Bertz CT molecular complexity index is 1160. The van der Waals surface area contributed by atoms with E-state index in [1.54, 1.807) is 0 Å². The van der Waals surface area contributed by atoms with Crippen molar-refractivity contribution in [2.24, 2.45) is 0 Å². The normalized spacial score (nSPS) is 17.1. The molecule has 1 saturated heterocycles. The molecule has 0 radical (unpaired) electrons. The average molecular weight is 450 g/mol. The Morgan fingerprint density at radius 2 is 1.94 bits per heavy atom. The second-order valence-corrected chi connectivity index (χ2v) is 7.65. The van der Waals surface area contributed by atoms with Crippen LogP contribution in [0.5, 0.6) is 0 Å². The lowest BCUT2D eigenvalue weighted by Crippen LogP contribution is -2.40. The summed E-state index contributed by atoms with van der Waals surface area (Å²) in [6.45, 7) is 3.42. The molecule has 3 aromatic rings. The molecular weight excluding hydrogens is 431 g/mol. The van der Waals surface area contributed by atoms with Gasteiger partial charge in [0.2, 0.25) is 0 Å². The molecule has 0 amide bonds. The van der Waals surface area contributed by atoms with Gasteiger partial charge in [-0.15, -0.1) is 0 Å². The summed E-state index contributed by atoms with van der Waals surface area (Å²) in [5, 5.41) is 3.99. The van der Waals surface area contributed by atoms with Crippen molar-refractivity contribution in [2.45, 2.75) is 19.2 Å². The zero-order chi connectivity index (χ0) is 22.2. The number of aryl methyl sites for hydroxylation is 1.